The van der Waals surface area contributed by atoms with Gasteiger partial charge in [-0.3, -0.25) is 4.21 Å². The van der Waals surface area contributed by atoms with E-state index in [1.54, 1.807) is 19.1 Å². The van der Waals surface area contributed by atoms with Crippen LogP contribution in [0.4, 0.5) is 4.39 Å². The number of hydrogen-bond donors (Lipinski definition) is 0. The van der Waals surface area contributed by atoms with Crippen LogP contribution < -0.4 is 0 Å². The summed E-state index contributed by atoms with van der Waals surface area (Å²) in [6.07, 6.45) is 1.50. The van der Waals surface area contributed by atoms with Crippen molar-refractivity contribution in [3.63, 3.8) is 0 Å². The minimum Gasteiger partial charge on any atom is -0.263 e. The van der Waals surface area contributed by atoms with E-state index in [0.29, 0.717) is 10.5 Å². The summed E-state index contributed by atoms with van der Waals surface area (Å²) in [6.45, 7) is 1.67. The van der Waals surface area contributed by atoms with Crippen LogP contribution in [0.3, 0.4) is 0 Å². The molecule has 0 aromatic heterocycles. The quantitative estimate of drug-likeness (QED) is 0.612. The summed E-state index contributed by atoms with van der Waals surface area (Å²) in [5, 5.41) is 0. The molecule has 1 unspecified atom stereocenters. The molecule has 1 nitrogen and oxygen atoms in total. The van der Waals surface area contributed by atoms with Gasteiger partial charge in [-0.1, -0.05) is 6.07 Å². The smallest absolute Gasteiger partial charge is 0.127 e. The van der Waals surface area contributed by atoms with Crippen molar-refractivity contribution >= 4 is 15.4 Å². The molecule has 0 N–H and O–H groups in total. The molecule has 1 atom stereocenters. The molecular formula is C9H11FOS. The predicted octanol–water partition coefficient (Wildman–Crippen LogP) is 1.84. The van der Waals surface area contributed by atoms with Crippen LogP contribution in [0, 0.1) is 12.7 Å². The van der Waals surface area contributed by atoms with Crippen molar-refractivity contribution in [1.82, 2.24) is 0 Å². The molecule has 0 fully saturated rings. The fraction of sp³-hybridized carbons (Fsp3) is 0.222. The lowest BCUT2D eigenvalue weighted by atomic mass is 10.2. The minimum absolute atomic E-state index is 0.328. The Balaban J connectivity index is 3.33. The summed E-state index contributed by atoms with van der Waals surface area (Å²) >= 11 is 0. The van der Waals surface area contributed by atoms with Gasteiger partial charge in [0.1, 0.15) is 5.82 Å². The first-order chi connectivity index (χ1) is 5.41. The summed E-state index contributed by atoms with van der Waals surface area (Å²) in [5.41, 5.74) is 0.558. The molecule has 12 heavy (non-hydrogen) atoms. The molecule has 3 heteroatoms. The number of hydrogen-bond acceptors (Lipinski definition) is 1. The van der Waals surface area contributed by atoms with E-state index in [0.717, 1.165) is 0 Å². The Morgan fingerprint density at radius 1 is 1.50 bits per heavy atom. The minimum atomic E-state index is -2.28. The Kier molecular flexibility index (Phi) is 2.24. The summed E-state index contributed by atoms with van der Waals surface area (Å²) in [6, 6.07) is 4.54. The van der Waals surface area contributed by atoms with E-state index in [1.165, 1.54) is 12.3 Å². The largest absolute Gasteiger partial charge is 0.263 e. The fourth-order valence-electron chi connectivity index (χ4n) is 0.842. The van der Waals surface area contributed by atoms with Crippen LogP contribution in [-0.4, -0.2) is 16.3 Å². The lowest BCUT2D eigenvalue weighted by molar-refractivity contribution is 0.613. The Morgan fingerprint density at radius 2 is 2.08 bits per heavy atom. The Hall–Kier alpha value is -0.830. The first kappa shape index (κ1) is 9.26. The lowest BCUT2D eigenvalue weighted by Gasteiger charge is -2.03. The average Bonchev–Trinajstić information content (AvgIpc) is 1.92. The number of halogens is 1. The third kappa shape index (κ3) is 1.85. The van der Waals surface area contributed by atoms with E-state index in [1.807, 2.05) is 0 Å². The molecule has 0 amide bonds. The van der Waals surface area contributed by atoms with Crippen molar-refractivity contribution in [2.45, 2.75) is 11.8 Å². The second kappa shape index (κ2) is 2.90. The Bertz CT molecular complexity index is 393. The molecule has 0 saturated carbocycles. The first-order valence-corrected chi connectivity index (χ1v) is 5.63. The molecular weight excluding hydrogens is 175 g/mol. The van der Waals surface area contributed by atoms with Gasteiger partial charge < -0.3 is 0 Å². The van der Waals surface area contributed by atoms with Gasteiger partial charge in [-0.15, -0.1) is 0 Å². The molecule has 0 saturated heterocycles. The molecule has 66 valence electrons. The molecule has 1 rings (SSSR count). The van der Waals surface area contributed by atoms with Crippen molar-refractivity contribution < 1.29 is 8.60 Å². The molecule has 0 radical (unpaired) electrons. The van der Waals surface area contributed by atoms with Gasteiger partial charge in [0.25, 0.3) is 0 Å². The standard InChI is InChI=1S/C9H11FOS/c1-7-4-5-8(6-9(7)10)12(2,3)11/h4-6H,2H2,1,3H3. The van der Waals surface area contributed by atoms with Gasteiger partial charge in [0.2, 0.25) is 0 Å². The third-order valence-corrected chi connectivity index (χ3v) is 2.89. The number of rotatable bonds is 1. The Labute approximate surface area is 72.2 Å². The summed E-state index contributed by atoms with van der Waals surface area (Å²) < 4.78 is 24.3. The predicted molar refractivity (Wildman–Crippen MR) is 50.6 cm³/mol. The molecule has 0 aliphatic rings. The highest BCUT2D eigenvalue weighted by Gasteiger charge is 2.03. The van der Waals surface area contributed by atoms with Crippen molar-refractivity contribution in [1.29, 1.82) is 0 Å². The van der Waals surface area contributed by atoms with Crippen LogP contribution in [0.2, 0.25) is 0 Å². The van der Waals surface area contributed by atoms with Gasteiger partial charge in [0.05, 0.1) is 0 Å². The molecule has 0 heterocycles. The number of aryl methyl sites for hydroxylation is 1. The van der Waals surface area contributed by atoms with E-state index in [4.69, 9.17) is 0 Å². The van der Waals surface area contributed by atoms with Gasteiger partial charge in [-0.05, 0) is 40.0 Å². The molecule has 1 aromatic rings. The fourth-order valence-corrected chi connectivity index (χ4v) is 1.55. The molecule has 0 spiro atoms. The molecule has 0 aliphatic heterocycles. The summed E-state index contributed by atoms with van der Waals surface area (Å²) in [5.74, 6) is 3.14. The van der Waals surface area contributed by atoms with Crippen LogP contribution in [0.5, 0.6) is 0 Å². The van der Waals surface area contributed by atoms with E-state index < -0.39 is 9.52 Å². The average molecular weight is 186 g/mol. The van der Waals surface area contributed by atoms with E-state index in [9.17, 15) is 8.60 Å². The molecule has 0 bridgehead atoms. The van der Waals surface area contributed by atoms with Crippen molar-refractivity contribution in [3.05, 3.63) is 29.6 Å². The monoisotopic (exact) mass is 186 g/mol. The van der Waals surface area contributed by atoms with Crippen LogP contribution in [0.15, 0.2) is 23.1 Å². The van der Waals surface area contributed by atoms with Gasteiger partial charge in [0, 0.05) is 11.2 Å². The van der Waals surface area contributed by atoms with Gasteiger partial charge >= 0.3 is 0 Å². The van der Waals surface area contributed by atoms with Crippen LogP contribution in [0.25, 0.3) is 0 Å². The third-order valence-electron chi connectivity index (χ3n) is 1.64. The normalized spacial score (nSPS) is 15.6. The maximum Gasteiger partial charge on any atom is 0.127 e. The van der Waals surface area contributed by atoms with Gasteiger partial charge in [0.15, 0.2) is 0 Å². The number of benzene rings is 1. The SMILES string of the molecule is C=S(C)(=O)c1ccc(C)c(F)c1. The van der Waals surface area contributed by atoms with E-state index >= 15 is 0 Å². The van der Waals surface area contributed by atoms with Crippen molar-refractivity contribution in [3.8, 4) is 0 Å². The van der Waals surface area contributed by atoms with Gasteiger partial charge in [-0.2, -0.15) is 0 Å². The zero-order chi connectivity index (χ0) is 9.35. The second-order valence-corrected chi connectivity index (χ2v) is 5.40. The lowest BCUT2D eigenvalue weighted by Crippen LogP contribution is -1.97. The van der Waals surface area contributed by atoms with E-state index in [-0.39, 0.29) is 5.82 Å². The van der Waals surface area contributed by atoms with Crippen molar-refractivity contribution in [2.75, 3.05) is 6.26 Å². The van der Waals surface area contributed by atoms with Gasteiger partial charge in [-0.25, -0.2) is 4.39 Å². The maximum absolute atomic E-state index is 13.0. The highest BCUT2D eigenvalue weighted by atomic mass is 32.2. The molecule has 1 aromatic carbocycles. The summed E-state index contributed by atoms with van der Waals surface area (Å²) in [4.78, 5) is 0.464. The highest BCUT2D eigenvalue weighted by Crippen LogP contribution is 2.13. The topological polar surface area (TPSA) is 17.1 Å². The van der Waals surface area contributed by atoms with Crippen LogP contribution in [-0.2, 0) is 9.52 Å². The van der Waals surface area contributed by atoms with Crippen molar-refractivity contribution in [2.24, 2.45) is 0 Å². The summed E-state index contributed by atoms with van der Waals surface area (Å²) in [7, 11) is -2.28. The molecule has 0 aliphatic carbocycles. The zero-order valence-electron chi connectivity index (χ0n) is 7.13. The second-order valence-electron chi connectivity index (χ2n) is 2.92. The first-order valence-electron chi connectivity index (χ1n) is 3.49. The van der Waals surface area contributed by atoms with Crippen LogP contribution in [0.1, 0.15) is 5.56 Å². The van der Waals surface area contributed by atoms with Crippen LogP contribution >= 0.6 is 0 Å². The van der Waals surface area contributed by atoms with E-state index in [2.05, 4.69) is 5.87 Å². The highest BCUT2D eigenvalue weighted by molar-refractivity contribution is 7.99. The maximum atomic E-state index is 13.0. The Morgan fingerprint density at radius 3 is 2.50 bits per heavy atom. The zero-order valence-corrected chi connectivity index (χ0v) is 7.95.